The number of halogens is 1. The smallest absolute Gasteiger partial charge is 0.166 e. The highest BCUT2D eigenvalue weighted by Gasteiger charge is 2.50. The normalized spacial score (nSPS) is 36.8. The van der Waals surface area contributed by atoms with Gasteiger partial charge in [0.25, 0.3) is 0 Å². The predicted octanol–water partition coefficient (Wildman–Crippen LogP) is 4.71. The minimum atomic E-state index is 0.276. The lowest BCUT2D eigenvalue weighted by molar-refractivity contribution is -0.0251. The van der Waals surface area contributed by atoms with Crippen LogP contribution in [-0.2, 0) is 0 Å². The van der Waals surface area contributed by atoms with Crippen LogP contribution >= 0.6 is 15.9 Å². The van der Waals surface area contributed by atoms with Gasteiger partial charge in [-0.3, -0.25) is 4.79 Å². The summed E-state index contributed by atoms with van der Waals surface area (Å²) in [5, 5.41) is 0. The Morgan fingerprint density at radius 3 is 2.24 bits per heavy atom. The Kier molecular flexibility index (Phi) is 3.36. The average molecular weight is 349 g/mol. The van der Waals surface area contributed by atoms with Crippen LogP contribution in [0.4, 0.5) is 0 Å². The molecule has 0 aromatic heterocycles. The standard InChI is InChI=1S/C18H21BrO2/c1-21-16-3-2-12(9-15(16)19)18(20)17-13-5-10-4-11(7-13)8-14(17)6-10/h2-3,9-11,13-14,17H,4-8H2,1H3. The number of hydrogen-bond acceptors (Lipinski definition) is 2. The molecule has 21 heavy (non-hydrogen) atoms. The quantitative estimate of drug-likeness (QED) is 0.739. The van der Waals surface area contributed by atoms with Gasteiger partial charge < -0.3 is 4.74 Å². The Balaban J connectivity index is 1.61. The van der Waals surface area contributed by atoms with E-state index in [4.69, 9.17) is 4.74 Å². The second kappa shape index (κ2) is 5.12. The highest BCUT2D eigenvalue weighted by atomic mass is 79.9. The Morgan fingerprint density at radius 1 is 1.10 bits per heavy atom. The number of carbonyl (C=O) groups is 1. The second-order valence-electron chi connectivity index (χ2n) is 7.17. The van der Waals surface area contributed by atoms with Gasteiger partial charge in [-0.2, -0.15) is 0 Å². The van der Waals surface area contributed by atoms with Crippen LogP contribution in [0.15, 0.2) is 22.7 Å². The van der Waals surface area contributed by atoms with Gasteiger partial charge in [-0.05, 0) is 89.9 Å². The van der Waals surface area contributed by atoms with Crippen molar-refractivity contribution in [3.8, 4) is 5.75 Å². The molecule has 0 spiro atoms. The van der Waals surface area contributed by atoms with Gasteiger partial charge in [0.1, 0.15) is 5.75 Å². The molecule has 3 heteroatoms. The Hall–Kier alpha value is -0.830. The van der Waals surface area contributed by atoms with E-state index in [1.807, 2.05) is 18.2 Å². The first-order valence-electron chi connectivity index (χ1n) is 8.03. The van der Waals surface area contributed by atoms with Gasteiger partial charge in [-0.1, -0.05) is 0 Å². The predicted molar refractivity (Wildman–Crippen MR) is 85.6 cm³/mol. The highest BCUT2D eigenvalue weighted by Crippen LogP contribution is 2.57. The Morgan fingerprint density at radius 2 is 1.71 bits per heavy atom. The maximum atomic E-state index is 13.0. The molecule has 1 aromatic carbocycles. The van der Waals surface area contributed by atoms with E-state index >= 15 is 0 Å². The van der Waals surface area contributed by atoms with Crippen LogP contribution in [0.2, 0.25) is 0 Å². The van der Waals surface area contributed by atoms with E-state index in [9.17, 15) is 4.79 Å². The van der Waals surface area contributed by atoms with E-state index in [0.717, 1.165) is 27.6 Å². The molecule has 0 saturated heterocycles. The number of carbonyl (C=O) groups excluding carboxylic acids is 1. The molecular weight excluding hydrogens is 328 g/mol. The monoisotopic (exact) mass is 348 g/mol. The number of ether oxygens (including phenoxy) is 1. The van der Waals surface area contributed by atoms with Crippen LogP contribution in [0.1, 0.15) is 42.5 Å². The van der Waals surface area contributed by atoms with Gasteiger partial charge in [0.15, 0.2) is 5.78 Å². The third-order valence-corrected chi connectivity index (χ3v) is 6.59. The fourth-order valence-corrected chi connectivity index (χ4v) is 5.91. The van der Waals surface area contributed by atoms with E-state index < -0.39 is 0 Å². The number of rotatable bonds is 3. The number of methoxy groups -OCH3 is 1. The van der Waals surface area contributed by atoms with Crippen LogP contribution < -0.4 is 4.74 Å². The van der Waals surface area contributed by atoms with Crippen molar-refractivity contribution in [3.05, 3.63) is 28.2 Å². The van der Waals surface area contributed by atoms with Crippen LogP contribution in [0.5, 0.6) is 5.75 Å². The maximum absolute atomic E-state index is 13.0. The van der Waals surface area contributed by atoms with Crippen molar-refractivity contribution in [2.45, 2.75) is 32.1 Å². The van der Waals surface area contributed by atoms with Crippen molar-refractivity contribution >= 4 is 21.7 Å². The molecular formula is C18H21BrO2. The summed E-state index contributed by atoms with van der Waals surface area (Å²) in [7, 11) is 1.65. The first-order chi connectivity index (χ1) is 10.2. The topological polar surface area (TPSA) is 26.3 Å². The zero-order chi connectivity index (χ0) is 14.6. The van der Waals surface area contributed by atoms with E-state index in [2.05, 4.69) is 15.9 Å². The van der Waals surface area contributed by atoms with Crippen molar-refractivity contribution in [3.63, 3.8) is 0 Å². The summed E-state index contributed by atoms with van der Waals surface area (Å²) in [5.74, 6) is 4.56. The number of benzene rings is 1. The third kappa shape index (κ3) is 2.25. The molecule has 1 aromatic rings. The zero-order valence-electron chi connectivity index (χ0n) is 12.3. The molecule has 0 radical (unpaired) electrons. The molecule has 0 unspecified atom stereocenters. The molecule has 5 rings (SSSR count). The molecule has 0 N–H and O–H groups in total. The molecule has 4 saturated carbocycles. The van der Waals surface area contributed by atoms with Crippen LogP contribution in [0.3, 0.4) is 0 Å². The highest BCUT2D eigenvalue weighted by molar-refractivity contribution is 9.10. The van der Waals surface area contributed by atoms with E-state index in [-0.39, 0.29) is 5.92 Å². The van der Waals surface area contributed by atoms with Gasteiger partial charge in [-0.25, -0.2) is 0 Å². The summed E-state index contributed by atoms with van der Waals surface area (Å²) >= 11 is 3.50. The van der Waals surface area contributed by atoms with Gasteiger partial charge in [0, 0.05) is 11.5 Å². The molecule has 0 aliphatic heterocycles. The van der Waals surface area contributed by atoms with Gasteiger partial charge in [0.2, 0.25) is 0 Å². The molecule has 0 amide bonds. The molecule has 112 valence electrons. The van der Waals surface area contributed by atoms with Gasteiger partial charge in [-0.15, -0.1) is 0 Å². The molecule has 0 atom stereocenters. The van der Waals surface area contributed by atoms with Crippen molar-refractivity contribution in [1.82, 2.24) is 0 Å². The fraction of sp³-hybridized carbons (Fsp3) is 0.611. The third-order valence-electron chi connectivity index (χ3n) is 5.97. The summed E-state index contributed by atoms with van der Waals surface area (Å²) in [4.78, 5) is 13.0. The Bertz CT molecular complexity index is 553. The summed E-state index contributed by atoms with van der Waals surface area (Å²) < 4.78 is 6.14. The SMILES string of the molecule is COc1ccc(C(=O)C2C3CC4CC(C3)CC2C4)cc1Br. The fourth-order valence-electron chi connectivity index (χ4n) is 5.37. The van der Waals surface area contributed by atoms with Crippen molar-refractivity contribution in [2.24, 2.45) is 29.6 Å². The van der Waals surface area contributed by atoms with E-state index in [0.29, 0.717) is 17.6 Å². The zero-order valence-corrected chi connectivity index (χ0v) is 13.9. The van der Waals surface area contributed by atoms with Crippen molar-refractivity contribution in [2.75, 3.05) is 7.11 Å². The van der Waals surface area contributed by atoms with Crippen LogP contribution in [0, 0.1) is 29.6 Å². The molecule has 4 bridgehead atoms. The lowest BCUT2D eigenvalue weighted by atomic mass is 9.51. The van der Waals surface area contributed by atoms with E-state index in [1.165, 1.54) is 32.1 Å². The minimum Gasteiger partial charge on any atom is -0.496 e. The minimum absolute atomic E-state index is 0.276. The lowest BCUT2D eigenvalue weighted by Crippen LogP contribution is -2.48. The second-order valence-corrected chi connectivity index (χ2v) is 8.02. The molecule has 4 aliphatic carbocycles. The summed E-state index contributed by atoms with van der Waals surface area (Å²) in [6.07, 6.45) is 6.60. The van der Waals surface area contributed by atoms with E-state index in [1.54, 1.807) is 7.11 Å². The molecule has 4 aliphatic rings. The van der Waals surface area contributed by atoms with Crippen molar-refractivity contribution in [1.29, 1.82) is 0 Å². The van der Waals surface area contributed by atoms with Crippen molar-refractivity contribution < 1.29 is 9.53 Å². The molecule has 2 nitrogen and oxygen atoms in total. The first kappa shape index (κ1) is 13.8. The summed E-state index contributed by atoms with van der Waals surface area (Å²) in [6.45, 7) is 0. The first-order valence-corrected chi connectivity index (χ1v) is 8.82. The average Bonchev–Trinajstić information content (AvgIpc) is 2.45. The van der Waals surface area contributed by atoms with Gasteiger partial charge >= 0.3 is 0 Å². The number of Topliss-reactive ketones (excluding diaryl/α,β-unsaturated/α-hetero) is 1. The van der Waals surface area contributed by atoms with Gasteiger partial charge in [0.05, 0.1) is 11.6 Å². The van der Waals surface area contributed by atoms with Crippen LogP contribution in [-0.4, -0.2) is 12.9 Å². The lowest BCUT2D eigenvalue weighted by Gasteiger charge is -2.53. The summed E-state index contributed by atoms with van der Waals surface area (Å²) in [6, 6.07) is 5.76. The number of hydrogen-bond donors (Lipinski definition) is 0. The molecule has 4 fully saturated rings. The summed E-state index contributed by atoms with van der Waals surface area (Å²) in [5.41, 5.74) is 0.847. The maximum Gasteiger partial charge on any atom is 0.166 e. The molecule has 0 heterocycles. The number of ketones is 1. The van der Waals surface area contributed by atoms with Crippen LogP contribution in [0.25, 0.3) is 0 Å². The largest absolute Gasteiger partial charge is 0.496 e. The Labute approximate surface area is 134 Å².